The van der Waals surface area contributed by atoms with E-state index in [1.807, 2.05) is 20.8 Å². The van der Waals surface area contributed by atoms with E-state index in [2.05, 4.69) is 10.6 Å². The lowest BCUT2D eigenvalue weighted by Gasteiger charge is -2.34. The lowest BCUT2D eigenvalue weighted by molar-refractivity contribution is -0.118. The van der Waals surface area contributed by atoms with Crippen molar-refractivity contribution in [2.75, 3.05) is 32.7 Å². The van der Waals surface area contributed by atoms with Crippen LogP contribution in [0.15, 0.2) is 0 Å². The van der Waals surface area contributed by atoms with Crippen molar-refractivity contribution in [3.05, 3.63) is 0 Å². The highest BCUT2D eigenvalue weighted by Gasteiger charge is 2.27. The fourth-order valence-electron chi connectivity index (χ4n) is 2.36. The second-order valence-electron chi connectivity index (χ2n) is 6.62. The smallest absolute Gasteiger partial charge is 0.410 e. The number of rotatable bonds is 5. The van der Waals surface area contributed by atoms with Crippen LogP contribution in [-0.4, -0.2) is 55.2 Å². The Hall–Kier alpha value is -1.30. The number of likely N-dealkylation sites (tertiary alicyclic amines) is 1. The molecular formula is C15H29N3O3. The van der Waals surface area contributed by atoms with Crippen LogP contribution in [0.3, 0.4) is 0 Å². The number of hydrogen-bond donors (Lipinski definition) is 2. The minimum absolute atomic E-state index is 0.00873. The molecule has 1 saturated heterocycles. The zero-order valence-corrected chi connectivity index (χ0v) is 13.7. The molecule has 2 N–H and O–H groups in total. The third-order valence-corrected chi connectivity index (χ3v) is 3.28. The van der Waals surface area contributed by atoms with E-state index in [4.69, 9.17) is 4.74 Å². The van der Waals surface area contributed by atoms with Crippen molar-refractivity contribution in [2.45, 2.75) is 46.1 Å². The van der Waals surface area contributed by atoms with Crippen LogP contribution in [0, 0.1) is 5.92 Å². The van der Waals surface area contributed by atoms with E-state index in [0.717, 1.165) is 39.0 Å². The molecule has 6 nitrogen and oxygen atoms in total. The maximum absolute atomic E-state index is 12.0. The molecule has 1 unspecified atom stereocenters. The molecule has 1 rings (SSSR count). The fraction of sp³-hybridized carbons (Fsp3) is 0.867. The first kappa shape index (κ1) is 17.8. The maximum Gasteiger partial charge on any atom is 0.410 e. The maximum atomic E-state index is 12.0. The standard InChI is InChI=1S/C15H29N3O3/c1-12(19)17-8-7-16-10-13-6-5-9-18(11-13)14(20)21-15(2,3)4/h13,16H,5-11H2,1-4H3,(H,17,19). The first-order chi connectivity index (χ1) is 9.78. The molecule has 0 spiro atoms. The summed E-state index contributed by atoms with van der Waals surface area (Å²) >= 11 is 0. The van der Waals surface area contributed by atoms with Gasteiger partial charge in [0.25, 0.3) is 0 Å². The molecule has 0 saturated carbocycles. The molecule has 0 aliphatic carbocycles. The summed E-state index contributed by atoms with van der Waals surface area (Å²) < 4.78 is 5.41. The van der Waals surface area contributed by atoms with Gasteiger partial charge in [0.15, 0.2) is 0 Å². The van der Waals surface area contributed by atoms with Crippen molar-refractivity contribution in [1.82, 2.24) is 15.5 Å². The summed E-state index contributed by atoms with van der Waals surface area (Å²) in [6, 6.07) is 0. The zero-order valence-electron chi connectivity index (χ0n) is 13.7. The van der Waals surface area contributed by atoms with Crippen LogP contribution >= 0.6 is 0 Å². The number of hydrogen-bond acceptors (Lipinski definition) is 4. The molecule has 21 heavy (non-hydrogen) atoms. The molecule has 0 radical (unpaired) electrons. The van der Waals surface area contributed by atoms with E-state index < -0.39 is 5.60 Å². The number of carbonyl (C=O) groups is 2. The van der Waals surface area contributed by atoms with Gasteiger partial charge in [-0.15, -0.1) is 0 Å². The lowest BCUT2D eigenvalue weighted by atomic mass is 9.98. The predicted molar refractivity (Wildman–Crippen MR) is 82.1 cm³/mol. The van der Waals surface area contributed by atoms with Gasteiger partial charge < -0.3 is 20.3 Å². The normalized spacial score (nSPS) is 19.2. The molecule has 6 heteroatoms. The van der Waals surface area contributed by atoms with Crippen molar-refractivity contribution in [1.29, 1.82) is 0 Å². The number of carbonyl (C=O) groups excluding carboxylic acids is 2. The van der Waals surface area contributed by atoms with Gasteiger partial charge in [0.2, 0.25) is 5.91 Å². The highest BCUT2D eigenvalue weighted by molar-refractivity contribution is 5.72. The van der Waals surface area contributed by atoms with Gasteiger partial charge in [0, 0.05) is 33.1 Å². The third-order valence-electron chi connectivity index (χ3n) is 3.28. The largest absolute Gasteiger partial charge is 0.444 e. The molecule has 1 aliphatic rings. The molecule has 2 amide bonds. The van der Waals surface area contributed by atoms with Gasteiger partial charge in [-0.25, -0.2) is 4.79 Å². The fourth-order valence-corrected chi connectivity index (χ4v) is 2.36. The van der Waals surface area contributed by atoms with Gasteiger partial charge >= 0.3 is 6.09 Å². The van der Waals surface area contributed by atoms with Crippen molar-refractivity contribution < 1.29 is 14.3 Å². The van der Waals surface area contributed by atoms with Crippen molar-refractivity contribution in [3.63, 3.8) is 0 Å². The summed E-state index contributed by atoms with van der Waals surface area (Å²) in [5.74, 6) is 0.439. The topological polar surface area (TPSA) is 70.7 Å². The van der Waals surface area contributed by atoms with E-state index in [1.54, 1.807) is 4.90 Å². The molecule has 0 bridgehead atoms. The summed E-state index contributed by atoms with van der Waals surface area (Å²) in [4.78, 5) is 24.6. The second-order valence-corrected chi connectivity index (χ2v) is 6.62. The lowest BCUT2D eigenvalue weighted by Crippen LogP contribution is -2.45. The van der Waals surface area contributed by atoms with Crippen LogP contribution in [0.5, 0.6) is 0 Å². The van der Waals surface area contributed by atoms with Gasteiger partial charge in [-0.3, -0.25) is 4.79 Å². The first-order valence-electron chi connectivity index (χ1n) is 7.71. The Morgan fingerprint density at radius 2 is 2.00 bits per heavy atom. The summed E-state index contributed by atoms with van der Waals surface area (Å²) in [6.45, 7) is 10.9. The highest BCUT2D eigenvalue weighted by atomic mass is 16.6. The minimum atomic E-state index is -0.444. The van der Waals surface area contributed by atoms with Crippen LogP contribution in [0.2, 0.25) is 0 Å². The van der Waals surface area contributed by atoms with Crippen LogP contribution in [-0.2, 0) is 9.53 Å². The third kappa shape index (κ3) is 7.90. The average molecular weight is 299 g/mol. The van der Waals surface area contributed by atoms with E-state index in [0.29, 0.717) is 12.5 Å². The van der Waals surface area contributed by atoms with E-state index in [-0.39, 0.29) is 12.0 Å². The van der Waals surface area contributed by atoms with E-state index >= 15 is 0 Å². The number of amides is 2. The van der Waals surface area contributed by atoms with Gasteiger partial charge in [-0.05, 0) is 46.1 Å². The number of ether oxygens (including phenoxy) is 1. The van der Waals surface area contributed by atoms with Gasteiger partial charge in [-0.2, -0.15) is 0 Å². The van der Waals surface area contributed by atoms with Crippen LogP contribution < -0.4 is 10.6 Å². The SMILES string of the molecule is CC(=O)NCCNCC1CCCN(C(=O)OC(C)(C)C)C1. The van der Waals surface area contributed by atoms with Crippen molar-refractivity contribution in [2.24, 2.45) is 5.92 Å². The molecule has 1 atom stereocenters. The van der Waals surface area contributed by atoms with Crippen molar-refractivity contribution >= 4 is 12.0 Å². The molecule has 0 aromatic heterocycles. The number of nitrogens with zero attached hydrogens (tertiary/aromatic N) is 1. The Bertz CT molecular complexity index is 353. The van der Waals surface area contributed by atoms with Crippen LogP contribution in [0.25, 0.3) is 0 Å². The molecular weight excluding hydrogens is 270 g/mol. The highest BCUT2D eigenvalue weighted by Crippen LogP contribution is 2.18. The van der Waals surface area contributed by atoms with E-state index in [9.17, 15) is 9.59 Å². The Kier molecular flexibility index (Phi) is 6.95. The zero-order chi connectivity index (χ0) is 15.9. The van der Waals surface area contributed by atoms with Gasteiger partial charge in [-0.1, -0.05) is 0 Å². The molecule has 1 aliphatic heterocycles. The first-order valence-corrected chi connectivity index (χ1v) is 7.71. The Morgan fingerprint density at radius 3 is 2.62 bits per heavy atom. The number of piperidine rings is 1. The van der Waals surface area contributed by atoms with Crippen molar-refractivity contribution in [3.8, 4) is 0 Å². The molecule has 1 fully saturated rings. The number of nitrogens with one attached hydrogen (secondary N) is 2. The average Bonchev–Trinajstić information content (AvgIpc) is 2.36. The molecule has 1 heterocycles. The van der Waals surface area contributed by atoms with Crippen LogP contribution in [0.1, 0.15) is 40.5 Å². The predicted octanol–water partition coefficient (Wildman–Crippen LogP) is 1.36. The Labute approximate surface area is 127 Å². The Balaban J connectivity index is 2.25. The summed E-state index contributed by atoms with van der Waals surface area (Å²) in [7, 11) is 0. The van der Waals surface area contributed by atoms with Gasteiger partial charge in [0.1, 0.15) is 5.60 Å². The molecule has 0 aromatic carbocycles. The summed E-state index contributed by atoms with van der Waals surface area (Å²) in [6.07, 6.45) is 1.91. The monoisotopic (exact) mass is 299 g/mol. The Morgan fingerprint density at radius 1 is 1.29 bits per heavy atom. The summed E-state index contributed by atoms with van der Waals surface area (Å²) in [5.41, 5.74) is -0.444. The second kappa shape index (κ2) is 8.22. The van der Waals surface area contributed by atoms with E-state index in [1.165, 1.54) is 6.92 Å². The molecule has 0 aromatic rings. The minimum Gasteiger partial charge on any atom is -0.444 e. The molecule has 122 valence electrons. The summed E-state index contributed by atoms with van der Waals surface area (Å²) in [5, 5.41) is 6.07. The quantitative estimate of drug-likeness (QED) is 0.752. The van der Waals surface area contributed by atoms with Crippen LogP contribution in [0.4, 0.5) is 4.79 Å². The van der Waals surface area contributed by atoms with Gasteiger partial charge in [0.05, 0.1) is 0 Å².